The van der Waals surface area contributed by atoms with Gasteiger partial charge in [0.05, 0.1) is 18.9 Å². The number of ether oxygens (including phenoxy) is 2. The largest absolute Gasteiger partial charge is 0.378 e. The quantitative estimate of drug-likeness (QED) is 0.836. The third-order valence-electron chi connectivity index (χ3n) is 3.01. The molecule has 0 amide bonds. The van der Waals surface area contributed by atoms with E-state index in [2.05, 4.69) is 21.8 Å². The molecule has 1 N–H and O–H groups in total. The van der Waals surface area contributed by atoms with Gasteiger partial charge in [-0.15, -0.1) is 0 Å². The third-order valence-corrected chi connectivity index (χ3v) is 3.01. The fourth-order valence-corrected chi connectivity index (χ4v) is 2.06. The van der Waals surface area contributed by atoms with Crippen LogP contribution >= 0.6 is 0 Å². The lowest BCUT2D eigenvalue weighted by Gasteiger charge is -2.31. The van der Waals surface area contributed by atoms with E-state index in [0.29, 0.717) is 24.7 Å². The fraction of sp³-hybridized carbons (Fsp3) is 0.667. The van der Waals surface area contributed by atoms with Crippen molar-refractivity contribution < 1.29 is 9.47 Å². The Morgan fingerprint density at radius 3 is 3.22 bits per heavy atom. The Bertz CT molecular complexity index is 446. The number of methoxy groups -OCH3 is 1. The molecule has 1 saturated heterocycles. The van der Waals surface area contributed by atoms with E-state index >= 15 is 0 Å². The minimum absolute atomic E-state index is 0.163. The van der Waals surface area contributed by atoms with Crippen LogP contribution in [0.1, 0.15) is 24.5 Å². The number of nitrogens with one attached hydrogen (secondary N) is 1. The molecule has 6 nitrogen and oxygen atoms in total. The van der Waals surface area contributed by atoms with Crippen LogP contribution in [0.4, 0.5) is 0 Å². The van der Waals surface area contributed by atoms with E-state index in [-0.39, 0.29) is 11.7 Å². The summed E-state index contributed by atoms with van der Waals surface area (Å²) in [7, 11) is 1.58. The third kappa shape index (κ3) is 3.16. The molecule has 0 saturated carbocycles. The first-order valence-electron chi connectivity index (χ1n) is 6.16. The maximum atomic E-state index is 11.6. The molecule has 1 aromatic rings. The summed E-state index contributed by atoms with van der Waals surface area (Å²) in [6, 6.07) is 1.45. The van der Waals surface area contributed by atoms with Gasteiger partial charge in [0.2, 0.25) is 0 Å². The zero-order chi connectivity index (χ0) is 13.0. The normalized spacial score (nSPS) is 21.1. The highest BCUT2D eigenvalue weighted by Gasteiger charge is 2.23. The molecule has 0 bridgehead atoms. The Morgan fingerprint density at radius 1 is 1.67 bits per heavy atom. The van der Waals surface area contributed by atoms with Crippen LogP contribution in [0.2, 0.25) is 0 Å². The minimum atomic E-state index is -0.164. The summed E-state index contributed by atoms with van der Waals surface area (Å²) >= 11 is 0. The predicted octanol–water partition coefficient (Wildman–Crippen LogP) is 0.309. The average molecular weight is 253 g/mol. The number of H-pyrrole nitrogens is 1. The Kier molecular flexibility index (Phi) is 4.46. The monoisotopic (exact) mass is 253 g/mol. The molecule has 0 spiro atoms. The number of morpholine rings is 1. The molecule has 6 heteroatoms. The van der Waals surface area contributed by atoms with Gasteiger partial charge in [-0.2, -0.15) is 0 Å². The first kappa shape index (κ1) is 13.2. The summed E-state index contributed by atoms with van der Waals surface area (Å²) in [6.07, 6.45) is -0.164. The maximum absolute atomic E-state index is 11.6. The highest BCUT2D eigenvalue weighted by atomic mass is 16.5. The summed E-state index contributed by atoms with van der Waals surface area (Å²) in [4.78, 5) is 21.0. The van der Waals surface area contributed by atoms with Crippen molar-refractivity contribution in [3.8, 4) is 0 Å². The predicted molar refractivity (Wildman–Crippen MR) is 66.4 cm³/mol. The smallest absolute Gasteiger partial charge is 0.251 e. The summed E-state index contributed by atoms with van der Waals surface area (Å²) in [5, 5.41) is 0. The number of hydrogen-bond acceptors (Lipinski definition) is 5. The first-order chi connectivity index (χ1) is 8.72. The molecule has 1 aliphatic rings. The molecule has 1 fully saturated rings. The van der Waals surface area contributed by atoms with Crippen LogP contribution in [0.3, 0.4) is 0 Å². The van der Waals surface area contributed by atoms with Crippen LogP contribution in [0.25, 0.3) is 0 Å². The van der Waals surface area contributed by atoms with Crippen LogP contribution < -0.4 is 5.56 Å². The molecule has 2 rings (SSSR count). The molecule has 100 valence electrons. The van der Waals surface area contributed by atoms with Gasteiger partial charge < -0.3 is 14.5 Å². The minimum Gasteiger partial charge on any atom is -0.378 e. The standard InChI is InChI=1S/C12H19N3O3/c1-3-15-4-5-18-10(7-15)12-13-9(8-17-2)6-11(16)14-12/h6,10H,3-5,7-8H2,1-2H3,(H,13,14,16). The molecule has 0 radical (unpaired) electrons. The highest BCUT2D eigenvalue weighted by molar-refractivity contribution is 5.04. The molecule has 18 heavy (non-hydrogen) atoms. The van der Waals surface area contributed by atoms with Crippen molar-refractivity contribution in [2.75, 3.05) is 33.4 Å². The van der Waals surface area contributed by atoms with E-state index in [4.69, 9.17) is 9.47 Å². The van der Waals surface area contributed by atoms with Gasteiger partial charge in [0.15, 0.2) is 0 Å². The summed E-state index contributed by atoms with van der Waals surface area (Å²) in [5.41, 5.74) is 0.470. The van der Waals surface area contributed by atoms with Gasteiger partial charge in [-0.3, -0.25) is 9.69 Å². The summed E-state index contributed by atoms with van der Waals surface area (Å²) in [6.45, 7) is 5.77. The van der Waals surface area contributed by atoms with Crippen molar-refractivity contribution in [3.05, 3.63) is 27.9 Å². The number of likely N-dealkylation sites (N-methyl/N-ethyl adjacent to an activating group) is 1. The molecule has 1 aliphatic heterocycles. The molecule has 0 aromatic carbocycles. The van der Waals surface area contributed by atoms with Gasteiger partial charge in [0, 0.05) is 26.3 Å². The summed E-state index contributed by atoms with van der Waals surface area (Å²) < 4.78 is 10.7. The number of aromatic amines is 1. The van der Waals surface area contributed by atoms with Crippen molar-refractivity contribution in [2.24, 2.45) is 0 Å². The molecule has 1 aromatic heterocycles. The molecule has 1 unspecified atom stereocenters. The Labute approximate surface area is 106 Å². The maximum Gasteiger partial charge on any atom is 0.251 e. The van der Waals surface area contributed by atoms with Crippen molar-refractivity contribution in [1.82, 2.24) is 14.9 Å². The van der Waals surface area contributed by atoms with Crippen molar-refractivity contribution in [1.29, 1.82) is 0 Å². The Balaban J connectivity index is 2.18. The zero-order valence-corrected chi connectivity index (χ0v) is 10.8. The van der Waals surface area contributed by atoms with E-state index in [1.54, 1.807) is 7.11 Å². The van der Waals surface area contributed by atoms with Crippen molar-refractivity contribution >= 4 is 0 Å². The van der Waals surface area contributed by atoms with Gasteiger partial charge in [-0.05, 0) is 6.54 Å². The van der Waals surface area contributed by atoms with Gasteiger partial charge in [0.25, 0.3) is 5.56 Å². The summed E-state index contributed by atoms with van der Waals surface area (Å²) in [5.74, 6) is 0.590. The molecular formula is C12H19N3O3. The van der Waals surface area contributed by atoms with Crippen molar-refractivity contribution in [2.45, 2.75) is 19.6 Å². The van der Waals surface area contributed by atoms with Gasteiger partial charge in [0.1, 0.15) is 11.9 Å². The van der Waals surface area contributed by atoms with Crippen LogP contribution in [-0.4, -0.2) is 48.2 Å². The second kappa shape index (κ2) is 6.08. The van der Waals surface area contributed by atoms with Crippen LogP contribution in [0.5, 0.6) is 0 Å². The lowest BCUT2D eigenvalue weighted by Crippen LogP contribution is -2.39. The SMILES string of the molecule is CCN1CCOC(c2nc(COC)cc(=O)[nH]2)C1. The van der Waals surface area contributed by atoms with Crippen LogP contribution in [0, 0.1) is 0 Å². The first-order valence-corrected chi connectivity index (χ1v) is 6.16. The molecule has 0 aliphatic carbocycles. The average Bonchev–Trinajstić information content (AvgIpc) is 2.38. The van der Waals surface area contributed by atoms with E-state index in [1.807, 2.05) is 0 Å². The van der Waals surface area contributed by atoms with E-state index < -0.39 is 0 Å². The fourth-order valence-electron chi connectivity index (χ4n) is 2.06. The lowest BCUT2D eigenvalue weighted by atomic mass is 10.2. The van der Waals surface area contributed by atoms with Gasteiger partial charge in [-0.25, -0.2) is 4.98 Å². The van der Waals surface area contributed by atoms with Crippen LogP contribution in [-0.2, 0) is 16.1 Å². The highest BCUT2D eigenvalue weighted by Crippen LogP contribution is 2.18. The second-order valence-corrected chi connectivity index (χ2v) is 4.31. The van der Waals surface area contributed by atoms with E-state index in [9.17, 15) is 4.79 Å². The Morgan fingerprint density at radius 2 is 2.50 bits per heavy atom. The topological polar surface area (TPSA) is 67.5 Å². The van der Waals surface area contributed by atoms with Crippen molar-refractivity contribution in [3.63, 3.8) is 0 Å². The number of hydrogen-bond donors (Lipinski definition) is 1. The molecule has 1 atom stereocenters. The number of nitrogens with zero attached hydrogens (tertiary/aromatic N) is 2. The number of rotatable bonds is 4. The zero-order valence-electron chi connectivity index (χ0n) is 10.8. The van der Waals surface area contributed by atoms with E-state index in [0.717, 1.165) is 19.6 Å². The molecule has 2 heterocycles. The second-order valence-electron chi connectivity index (χ2n) is 4.31. The van der Waals surface area contributed by atoms with E-state index in [1.165, 1.54) is 6.07 Å². The van der Waals surface area contributed by atoms with Gasteiger partial charge in [-0.1, -0.05) is 6.92 Å². The van der Waals surface area contributed by atoms with Crippen LogP contribution in [0.15, 0.2) is 10.9 Å². The van der Waals surface area contributed by atoms with Gasteiger partial charge >= 0.3 is 0 Å². The molecular weight excluding hydrogens is 234 g/mol. The Hall–Kier alpha value is -1.24. The lowest BCUT2D eigenvalue weighted by molar-refractivity contribution is -0.0329. The number of aromatic nitrogens is 2.